The smallest absolute Gasteiger partial charge is 0.0496 e. The van der Waals surface area contributed by atoms with Gasteiger partial charge in [-0.3, -0.25) is 0 Å². The summed E-state index contributed by atoms with van der Waals surface area (Å²) in [7, 11) is 0. The van der Waals surface area contributed by atoms with Gasteiger partial charge in [0.2, 0.25) is 0 Å². The number of hydrogen-bond acceptors (Lipinski definition) is 2. The van der Waals surface area contributed by atoms with E-state index in [1.54, 1.807) is 0 Å². The Labute approximate surface area is 99.9 Å². The highest BCUT2D eigenvalue weighted by atomic mass is 79.9. The molecule has 0 heterocycles. The molecule has 0 aliphatic heterocycles. The highest BCUT2D eigenvalue weighted by Gasteiger charge is 1.98. The fourth-order valence-electron chi connectivity index (χ4n) is 0.921. The molecule has 1 nitrogen and oxygen atoms in total. The predicted molar refractivity (Wildman–Crippen MR) is 68.7 cm³/mol. The fraction of sp³-hybridized carbons (Fsp3) is 0.333. The molecule has 13 heavy (non-hydrogen) atoms. The topological polar surface area (TPSA) is 12.0 Å². The number of nitrogens with one attached hydrogen (secondary N) is 1. The van der Waals surface area contributed by atoms with E-state index in [1.807, 2.05) is 23.9 Å². The molecule has 0 aliphatic carbocycles. The lowest BCUT2D eigenvalue weighted by atomic mass is 10.3. The molecule has 0 amide bonds. The molecule has 1 aromatic rings. The Morgan fingerprint density at radius 1 is 1.38 bits per heavy atom. The van der Waals surface area contributed by atoms with Crippen LogP contribution in [0.25, 0.3) is 0 Å². The van der Waals surface area contributed by atoms with Crippen LogP contribution in [-0.4, -0.2) is 18.6 Å². The molecule has 0 radical (unpaired) electrons. The molecule has 1 aromatic carbocycles. The largest absolute Gasteiger partial charge is 0.383 e. The van der Waals surface area contributed by atoms with Crippen molar-refractivity contribution in [2.45, 2.75) is 0 Å². The normalized spacial score (nSPS) is 10.1. The number of hydrogen-bond donors (Lipinski definition) is 1. The van der Waals surface area contributed by atoms with E-state index in [0.717, 1.165) is 26.9 Å². The first-order valence-corrected chi connectivity index (χ1v) is 6.90. The third-order valence-electron chi connectivity index (χ3n) is 1.55. The lowest BCUT2D eigenvalue weighted by Gasteiger charge is -2.07. The van der Waals surface area contributed by atoms with Crippen molar-refractivity contribution in [3.05, 3.63) is 27.1 Å². The SMILES string of the molecule is CSCCNc1cc(Br)ccc1Br. The molecule has 0 saturated heterocycles. The zero-order valence-corrected chi connectivity index (χ0v) is 11.3. The van der Waals surface area contributed by atoms with Gasteiger partial charge in [0.15, 0.2) is 0 Å². The van der Waals surface area contributed by atoms with Crippen LogP contribution in [-0.2, 0) is 0 Å². The van der Waals surface area contributed by atoms with Crippen molar-refractivity contribution < 1.29 is 0 Å². The van der Waals surface area contributed by atoms with Crippen LogP contribution >= 0.6 is 43.6 Å². The van der Waals surface area contributed by atoms with Gasteiger partial charge in [0.05, 0.1) is 0 Å². The van der Waals surface area contributed by atoms with Crippen LogP contribution in [0.15, 0.2) is 27.1 Å². The van der Waals surface area contributed by atoms with Crippen LogP contribution in [0.1, 0.15) is 0 Å². The van der Waals surface area contributed by atoms with E-state index in [9.17, 15) is 0 Å². The summed E-state index contributed by atoms with van der Waals surface area (Å²) in [6.07, 6.45) is 2.11. The monoisotopic (exact) mass is 323 g/mol. The second-order valence-corrected chi connectivity index (χ2v) is 5.30. The van der Waals surface area contributed by atoms with Crippen molar-refractivity contribution in [2.75, 3.05) is 23.9 Å². The van der Waals surface area contributed by atoms with Gasteiger partial charge in [-0.05, 0) is 40.4 Å². The van der Waals surface area contributed by atoms with Gasteiger partial charge >= 0.3 is 0 Å². The van der Waals surface area contributed by atoms with Gasteiger partial charge in [-0.2, -0.15) is 11.8 Å². The molecule has 72 valence electrons. The third-order valence-corrected chi connectivity index (χ3v) is 3.35. The minimum absolute atomic E-state index is 0.996. The van der Waals surface area contributed by atoms with Crippen molar-refractivity contribution in [1.82, 2.24) is 0 Å². The van der Waals surface area contributed by atoms with Crippen LogP contribution in [0.4, 0.5) is 5.69 Å². The molecule has 0 unspecified atom stereocenters. The summed E-state index contributed by atoms with van der Waals surface area (Å²) < 4.78 is 2.21. The number of thioether (sulfide) groups is 1. The van der Waals surface area contributed by atoms with E-state index in [1.165, 1.54) is 0 Å². The Hall–Kier alpha value is 0.330. The van der Waals surface area contributed by atoms with Gasteiger partial charge in [0, 0.05) is 26.9 Å². The van der Waals surface area contributed by atoms with E-state index in [-0.39, 0.29) is 0 Å². The zero-order chi connectivity index (χ0) is 9.68. The van der Waals surface area contributed by atoms with Crippen LogP contribution in [0.5, 0.6) is 0 Å². The van der Waals surface area contributed by atoms with Crippen molar-refractivity contribution in [3.63, 3.8) is 0 Å². The summed E-state index contributed by atoms with van der Waals surface area (Å²) in [5.74, 6) is 1.12. The lowest BCUT2D eigenvalue weighted by Crippen LogP contribution is -2.03. The average molecular weight is 325 g/mol. The Morgan fingerprint density at radius 2 is 2.15 bits per heavy atom. The highest BCUT2D eigenvalue weighted by Crippen LogP contribution is 2.25. The molecule has 0 aromatic heterocycles. The Morgan fingerprint density at radius 3 is 2.85 bits per heavy atom. The quantitative estimate of drug-likeness (QED) is 0.840. The van der Waals surface area contributed by atoms with Crippen molar-refractivity contribution in [3.8, 4) is 0 Å². The molecule has 4 heteroatoms. The number of anilines is 1. The number of rotatable bonds is 4. The summed E-state index contributed by atoms with van der Waals surface area (Å²) in [4.78, 5) is 0. The van der Waals surface area contributed by atoms with Crippen molar-refractivity contribution in [1.29, 1.82) is 0 Å². The molecule has 1 rings (SSSR count). The summed E-state index contributed by atoms with van der Waals surface area (Å²) in [5.41, 5.74) is 1.14. The van der Waals surface area contributed by atoms with E-state index in [2.05, 4.69) is 49.5 Å². The van der Waals surface area contributed by atoms with Gasteiger partial charge in [-0.25, -0.2) is 0 Å². The Kier molecular flexibility index (Phi) is 5.21. The summed E-state index contributed by atoms with van der Waals surface area (Å²) in [6, 6.07) is 6.12. The summed E-state index contributed by atoms with van der Waals surface area (Å²) in [5, 5.41) is 3.36. The fourth-order valence-corrected chi connectivity index (χ4v) is 1.97. The summed E-state index contributed by atoms with van der Waals surface area (Å²) >= 11 is 8.77. The van der Waals surface area contributed by atoms with Crippen molar-refractivity contribution >= 4 is 49.3 Å². The van der Waals surface area contributed by atoms with E-state index >= 15 is 0 Å². The first kappa shape index (κ1) is 11.4. The zero-order valence-electron chi connectivity index (χ0n) is 7.31. The Balaban J connectivity index is 2.59. The molecule has 0 bridgehead atoms. The molecule has 0 fully saturated rings. The predicted octanol–water partition coefficient (Wildman–Crippen LogP) is 3.99. The molecular formula is C9H11Br2NS. The molecular weight excluding hydrogens is 314 g/mol. The maximum absolute atomic E-state index is 3.49. The average Bonchev–Trinajstić information content (AvgIpc) is 2.11. The molecule has 0 aliphatic rings. The molecule has 0 saturated carbocycles. The maximum atomic E-state index is 3.49. The second-order valence-electron chi connectivity index (χ2n) is 2.54. The van der Waals surface area contributed by atoms with Gasteiger partial charge in [-0.15, -0.1) is 0 Å². The van der Waals surface area contributed by atoms with Crippen molar-refractivity contribution in [2.24, 2.45) is 0 Å². The van der Waals surface area contributed by atoms with Gasteiger partial charge in [0.1, 0.15) is 0 Å². The standard InChI is InChI=1S/C9H11Br2NS/c1-13-5-4-12-9-6-7(10)2-3-8(9)11/h2-3,6,12H,4-5H2,1H3. The van der Waals surface area contributed by atoms with E-state index < -0.39 is 0 Å². The number of halogens is 2. The minimum Gasteiger partial charge on any atom is -0.383 e. The van der Waals surface area contributed by atoms with Crippen LogP contribution in [0, 0.1) is 0 Å². The lowest BCUT2D eigenvalue weighted by molar-refractivity contribution is 1.22. The third kappa shape index (κ3) is 3.92. The molecule has 0 spiro atoms. The van der Waals surface area contributed by atoms with Crippen LogP contribution < -0.4 is 5.32 Å². The van der Waals surface area contributed by atoms with Crippen LogP contribution in [0.3, 0.4) is 0 Å². The van der Waals surface area contributed by atoms with E-state index in [4.69, 9.17) is 0 Å². The minimum atomic E-state index is 0.996. The number of benzene rings is 1. The highest BCUT2D eigenvalue weighted by molar-refractivity contribution is 9.11. The Bertz CT molecular complexity index is 278. The van der Waals surface area contributed by atoms with Gasteiger partial charge in [-0.1, -0.05) is 15.9 Å². The maximum Gasteiger partial charge on any atom is 0.0496 e. The molecule has 0 atom stereocenters. The van der Waals surface area contributed by atoms with E-state index in [0.29, 0.717) is 0 Å². The van der Waals surface area contributed by atoms with Crippen LogP contribution in [0.2, 0.25) is 0 Å². The van der Waals surface area contributed by atoms with Gasteiger partial charge < -0.3 is 5.32 Å². The first-order chi connectivity index (χ1) is 6.24. The molecule has 1 N–H and O–H groups in total. The van der Waals surface area contributed by atoms with Gasteiger partial charge in [0.25, 0.3) is 0 Å². The first-order valence-electron chi connectivity index (χ1n) is 3.92. The summed E-state index contributed by atoms with van der Waals surface area (Å²) in [6.45, 7) is 0.996. The second kappa shape index (κ2) is 5.94.